The van der Waals surface area contributed by atoms with Gasteiger partial charge in [-0.05, 0) is 112 Å². The minimum Gasteiger partial charge on any atom is -0.456 e. The predicted octanol–water partition coefficient (Wildman–Crippen LogP) is 18.2. The molecule has 0 fully saturated rings. The molecule has 0 atom stereocenters. The molecule has 0 amide bonds. The number of para-hydroxylation sites is 5. The molecule has 0 N–H and O–H groups in total. The van der Waals surface area contributed by atoms with Crippen LogP contribution in [-0.2, 0) is 0 Å². The Hall–Kier alpha value is -9.12. The molecular formula is C64H40N2O2. The monoisotopic (exact) mass is 868 g/mol. The molecule has 11 aromatic carbocycles. The molecule has 0 aliphatic carbocycles. The summed E-state index contributed by atoms with van der Waals surface area (Å²) in [7, 11) is 0. The predicted molar refractivity (Wildman–Crippen MR) is 284 cm³/mol. The molecule has 0 spiro atoms. The van der Waals surface area contributed by atoms with Gasteiger partial charge in [-0.3, -0.25) is 0 Å². The van der Waals surface area contributed by atoms with Crippen LogP contribution in [0.25, 0.3) is 116 Å². The zero-order valence-corrected chi connectivity index (χ0v) is 36.8. The summed E-state index contributed by atoms with van der Waals surface area (Å²) in [6, 6.07) is 87.0. The molecule has 0 unspecified atom stereocenters. The number of furan rings is 2. The zero-order valence-electron chi connectivity index (χ0n) is 36.8. The molecule has 0 aliphatic heterocycles. The van der Waals surface area contributed by atoms with E-state index in [0.717, 1.165) is 94.4 Å². The van der Waals surface area contributed by atoms with Crippen LogP contribution in [0.5, 0.6) is 0 Å². The summed E-state index contributed by atoms with van der Waals surface area (Å²) >= 11 is 0. The minimum atomic E-state index is 0.839. The fourth-order valence-corrected chi connectivity index (χ4v) is 10.7. The third-order valence-corrected chi connectivity index (χ3v) is 13.8. The first-order valence-corrected chi connectivity index (χ1v) is 23.2. The lowest BCUT2D eigenvalue weighted by Gasteiger charge is -2.30. The van der Waals surface area contributed by atoms with E-state index in [9.17, 15) is 0 Å². The van der Waals surface area contributed by atoms with E-state index in [1.807, 2.05) is 12.1 Å². The molecule has 0 aliphatic rings. The summed E-state index contributed by atoms with van der Waals surface area (Å²) in [5.74, 6) is 0. The number of rotatable bonds is 7. The Kier molecular flexibility index (Phi) is 8.55. The molecule has 14 rings (SSSR count). The van der Waals surface area contributed by atoms with Gasteiger partial charge in [0.2, 0.25) is 0 Å². The van der Waals surface area contributed by atoms with Gasteiger partial charge in [-0.1, -0.05) is 164 Å². The summed E-state index contributed by atoms with van der Waals surface area (Å²) in [5, 5.41) is 9.26. The maximum atomic E-state index is 7.00. The van der Waals surface area contributed by atoms with Crippen LogP contribution in [0.4, 0.5) is 17.1 Å². The molecule has 318 valence electrons. The Balaban J connectivity index is 1.02. The second-order valence-corrected chi connectivity index (χ2v) is 17.6. The van der Waals surface area contributed by atoms with E-state index in [1.165, 1.54) is 38.1 Å². The topological polar surface area (TPSA) is 34.5 Å². The van der Waals surface area contributed by atoms with Gasteiger partial charge >= 0.3 is 0 Å². The maximum absolute atomic E-state index is 7.00. The van der Waals surface area contributed by atoms with Gasteiger partial charge in [-0.2, -0.15) is 0 Å². The first-order chi connectivity index (χ1) is 33.7. The van der Waals surface area contributed by atoms with Gasteiger partial charge in [0.1, 0.15) is 22.3 Å². The molecule has 0 saturated carbocycles. The van der Waals surface area contributed by atoms with Gasteiger partial charge in [-0.25, -0.2) is 0 Å². The summed E-state index contributed by atoms with van der Waals surface area (Å²) in [4.78, 5) is 2.42. The van der Waals surface area contributed by atoms with E-state index in [-0.39, 0.29) is 0 Å². The van der Waals surface area contributed by atoms with Crippen molar-refractivity contribution in [3.05, 3.63) is 243 Å². The van der Waals surface area contributed by atoms with Crippen molar-refractivity contribution < 1.29 is 8.83 Å². The van der Waals surface area contributed by atoms with E-state index in [0.29, 0.717) is 0 Å². The maximum Gasteiger partial charge on any atom is 0.145 e. The molecular weight excluding hydrogens is 829 g/mol. The standard InChI is InChI=1S/C64H40N2O2/c1-2-15-44-40-45(29-28-41(44)14-1)42-30-34-47(35-31-42)66(57-24-10-5-18-50(57)52-21-13-27-61-63(52)54-20-7-12-26-60(54)67-61)58-39-38-53-51-19-6-11-25-59(51)68-64(53)62(58)43-32-36-46(37-33-43)65-55-22-8-3-16-48(55)49-17-4-9-23-56(49)65/h1-40H. The quantitative estimate of drug-likeness (QED) is 0.160. The highest BCUT2D eigenvalue weighted by atomic mass is 16.3. The number of fused-ring (bicyclic) bond motifs is 10. The van der Waals surface area contributed by atoms with Gasteiger partial charge in [0.05, 0.1) is 22.4 Å². The van der Waals surface area contributed by atoms with Gasteiger partial charge in [-0.15, -0.1) is 0 Å². The van der Waals surface area contributed by atoms with Crippen LogP contribution in [0, 0.1) is 0 Å². The molecule has 14 aromatic rings. The number of hydrogen-bond donors (Lipinski definition) is 0. The SMILES string of the molecule is c1ccc(N(c2ccc(-c3ccc4ccccc4c3)cc2)c2ccc3c(oc4ccccc43)c2-c2ccc(-n3c4ccccc4c4ccccc43)cc2)c(-c2cccc3oc4ccccc4c23)c1. The fourth-order valence-electron chi connectivity index (χ4n) is 10.7. The largest absolute Gasteiger partial charge is 0.456 e. The number of hydrogen-bond acceptors (Lipinski definition) is 3. The summed E-state index contributed by atoms with van der Waals surface area (Å²) in [6.07, 6.45) is 0. The summed E-state index contributed by atoms with van der Waals surface area (Å²) in [5.41, 5.74) is 16.5. The average Bonchev–Trinajstić information content (AvgIpc) is 4.09. The van der Waals surface area contributed by atoms with Gasteiger partial charge in [0.15, 0.2) is 0 Å². The number of nitrogens with zero attached hydrogens (tertiary/aromatic N) is 2. The Bertz CT molecular complexity index is 4210. The highest BCUT2D eigenvalue weighted by molar-refractivity contribution is 6.16. The van der Waals surface area contributed by atoms with Crippen molar-refractivity contribution in [2.24, 2.45) is 0 Å². The fraction of sp³-hybridized carbons (Fsp3) is 0. The Morgan fingerprint density at radius 3 is 1.71 bits per heavy atom. The molecule has 4 heteroatoms. The van der Waals surface area contributed by atoms with Gasteiger partial charge in [0.25, 0.3) is 0 Å². The van der Waals surface area contributed by atoms with Crippen LogP contribution in [-0.4, -0.2) is 4.57 Å². The Labute approximate surface area is 391 Å². The summed E-state index contributed by atoms with van der Waals surface area (Å²) in [6.45, 7) is 0. The van der Waals surface area contributed by atoms with E-state index < -0.39 is 0 Å². The minimum absolute atomic E-state index is 0.839. The Morgan fingerprint density at radius 1 is 0.338 bits per heavy atom. The highest BCUT2D eigenvalue weighted by Crippen LogP contribution is 2.50. The van der Waals surface area contributed by atoms with Crippen molar-refractivity contribution >= 4 is 93.5 Å². The van der Waals surface area contributed by atoms with Crippen LogP contribution >= 0.6 is 0 Å². The first kappa shape index (κ1) is 38.2. The third-order valence-electron chi connectivity index (χ3n) is 13.8. The zero-order chi connectivity index (χ0) is 44.7. The second kappa shape index (κ2) is 15.2. The van der Waals surface area contributed by atoms with Crippen LogP contribution in [0.2, 0.25) is 0 Å². The lowest BCUT2D eigenvalue weighted by molar-refractivity contribution is 0.669. The molecule has 0 saturated heterocycles. The molecule has 3 heterocycles. The van der Waals surface area contributed by atoms with Crippen molar-refractivity contribution in [1.29, 1.82) is 0 Å². The Morgan fingerprint density at radius 2 is 0.926 bits per heavy atom. The third kappa shape index (κ3) is 5.94. The average molecular weight is 869 g/mol. The van der Waals surface area contributed by atoms with Crippen molar-refractivity contribution in [3.63, 3.8) is 0 Å². The van der Waals surface area contributed by atoms with Crippen LogP contribution in [0.15, 0.2) is 251 Å². The van der Waals surface area contributed by atoms with Crippen molar-refractivity contribution in [1.82, 2.24) is 4.57 Å². The van der Waals surface area contributed by atoms with E-state index in [2.05, 4.69) is 240 Å². The second-order valence-electron chi connectivity index (χ2n) is 17.6. The molecule has 0 radical (unpaired) electrons. The first-order valence-electron chi connectivity index (χ1n) is 23.2. The van der Waals surface area contributed by atoms with E-state index >= 15 is 0 Å². The van der Waals surface area contributed by atoms with Crippen molar-refractivity contribution in [2.45, 2.75) is 0 Å². The van der Waals surface area contributed by atoms with Crippen LogP contribution < -0.4 is 4.90 Å². The number of anilines is 3. The van der Waals surface area contributed by atoms with E-state index in [1.54, 1.807) is 0 Å². The molecule has 4 nitrogen and oxygen atoms in total. The van der Waals surface area contributed by atoms with Gasteiger partial charge < -0.3 is 18.3 Å². The number of benzene rings is 11. The highest BCUT2D eigenvalue weighted by Gasteiger charge is 2.26. The van der Waals surface area contributed by atoms with Crippen LogP contribution in [0.1, 0.15) is 0 Å². The normalized spacial score (nSPS) is 11.8. The lowest BCUT2D eigenvalue weighted by Crippen LogP contribution is -2.12. The van der Waals surface area contributed by atoms with Gasteiger partial charge in [0, 0.05) is 54.8 Å². The molecule has 68 heavy (non-hydrogen) atoms. The smallest absolute Gasteiger partial charge is 0.145 e. The number of aromatic nitrogens is 1. The van der Waals surface area contributed by atoms with Crippen molar-refractivity contribution in [3.8, 4) is 39.1 Å². The van der Waals surface area contributed by atoms with Crippen molar-refractivity contribution in [2.75, 3.05) is 4.90 Å². The molecule has 0 bridgehead atoms. The summed E-state index contributed by atoms with van der Waals surface area (Å²) < 4.78 is 15.8. The molecule has 3 aromatic heterocycles. The van der Waals surface area contributed by atoms with E-state index in [4.69, 9.17) is 8.83 Å². The van der Waals surface area contributed by atoms with Crippen LogP contribution in [0.3, 0.4) is 0 Å². The lowest BCUT2D eigenvalue weighted by atomic mass is 9.95.